The molecule has 1 fully saturated rings. The second-order valence-electron chi connectivity index (χ2n) is 6.00. The van der Waals surface area contributed by atoms with Gasteiger partial charge in [-0.05, 0) is 30.2 Å². The molecule has 1 aliphatic carbocycles. The first-order valence-electron chi connectivity index (χ1n) is 6.42. The Kier molecular flexibility index (Phi) is 2.03. The van der Waals surface area contributed by atoms with E-state index in [0.717, 1.165) is 25.3 Å². The molecule has 1 saturated carbocycles. The molecule has 1 aromatic heterocycles. The topological polar surface area (TPSA) is 25.2 Å². The van der Waals surface area contributed by atoms with Crippen molar-refractivity contribution in [3.05, 3.63) is 23.7 Å². The van der Waals surface area contributed by atoms with E-state index in [4.69, 9.17) is 4.42 Å². The quantitative estimate of drug-likeness (QED) is 0.827. The molecule has 2 heterocycles. The summed E-state index contributed by atoms with van der Waals surface area (Å²) in [4.78, 5) is 0. The SMILES string of the molecule is CCC1(C2CC2(C)C)NCCc2occc21. The number of rotatable bonds is 2. The van der Waals surface area contributed by atoms with E-state index < -0.39 is 0 Å². The van der Waals surface area contributed by atoms with Crippen LogP contribution in [0, 0.1) is 11.3 Å². The molecule has 0 saturated heterocycles. The molecule has 2 nitrogen and oxygen atoms in total. The van der Waals surface area contributed by atoms with E-state index in [0.29, 0.717) is 5.41 Å². The fourth-order valence-electron chi connectivity index (χ4n) is 3.61. The standard InChI is InChI=1S/C14H21NO/c1-4-14(12-9-13(12,2)3)10-6-8-16-11(10)5-7-15-14/h6,8,12,15H,4-5,7,9H2,1-3H3. The molecule has 2 unspecified atom stereocenters. The van der Waals surface area contributed by atoms with Gasteiger partial charge in [0.2, 0.25) is 0 Å². The predicted molar refractivity (Wildman–Crippen MR) is 64.3 cm³/mol. The van der Waals surface area contributed by atoms with Gasteiger partial charge in [0.15, 0.2) is 0 Å². The summed E-state index contributed by atoms with van der Waals surface area (Å²) >= 11 is 0. The van der Waals surface area contributed by atoms with Crippen LogP contribution in [0.3, 0.4) is 0 Å². The fourth-order valence-corrected chi connectivity index (χ4v) is 3.61. The Bertz CT molecular complexity index is 407. The van der Waals surface area contributed by atoms with E-state index in [1.54, 1.807) is 0 Å². The van der Waals surface area contributed by atoms with Gasteiger partial charge in [-0.3, -0.25) is 0 Å². The molecule has 0 spiro atoms. The Labute approximate surface area is 97.4 Å². The molecule has 0 bridgehead atoms. The summed E-state index contributed by atoms with van der Waals surface area (Å²) in [6.07, 6.45) is 5.39. The summed E-state index contributed by atoms with van der Waals surface area (Å²) in [5.41, 5.74) is 2.11. The number of hydrogen-bond acceptors (Lipinski definition) is 2. The zero-order chi connectivity index (χ0) is 11.4. The minimum absolute atomic E-state index is 0.185. The van der Waals surface area contributed by atoms with E-state index in [9.17, 15) is 0 Å². The third-order valence-corrected chi connectivity index (χ3v) is 4.68. The van der Waals surface area contributed by atoms with Crippen LogP contribution in [0.15, 0.2) is 16.7 Å². The maximum absolute atomic E-state index is 5.62. The largest absolute Gasteiger partial charge is 0.469 e. The van der Waals surface area contributed by atoms with Crippen LogP contribution in [0.25, 0.3) is 0 Å². The van der Waals surface area contributed by atoms with E-state index in [1.807, 2.05) is 6.26 Å². The van der Waals surface area contributed by atoms with Crippen molar-refractivity contribution in [1.82, 2.24) is 5.32 Å². The van der Waals surface area contributed by atoms with Crippen LogP contribution >= 0.6 is 0 Å². The molecule has 16 heavy (non-hydrogen) atoms. The van der Waals surface area contributed by atoms with Gasteiger partial charge >= 0.3 is 0 Å². The first-order valence-corrected chi connectivity index (χ1v) is 6.42. The van der Waals surface area contributed by atoms with Crippen molar-refractivity contribution >= 4 is 0 Å². The van der Waals surface area contributed by atoms with Crippen molar-refractivity contribution in [1.29, 1.82) is 0 Å². The van der Waals surface area contributed by atoms with E-state index >= 15 is 0 Å². The van der Waals surface area contributed by atoms with E-state index in [-0.39, 0.29) is 5.54 Å². The molecule has 1 aromatic rings. The average molecular weight is 219 g/mol. The highest BCUT2D eigenvalue weighted by Gasteiger charge is 2.59. The number of hydrogen-bond donors (Lipinski definition) is 1. The van der Waals surface area contributed by atoms with Crippen LogP contribution in [0.1, 0.15) is 44.9 Å². The molecule has 2 heteroatoms. The van der Waals surface area contributed by atoms with Crippen molar-refractivity contribution in [2.45, 2.75) is 45.6 Å². The monoisotopic (exact) mass is 219 g/mol. The van der Waals surface area contributed by atoms with Crippen LogP contribution < -0.4 is 5.32 Å². The highest BCUT2D eigenvalue weighted by atomic mass is 16.3. The summed E-state index contributed by atoms with van der Waals surface area (Å²) in [7, 11) is 0. The van der Waals surface area contributed by atoms with Gasteiger partial charge in [0.05, 0.1) is 11.8 Å². The number of nitrogens with one attached hydrogen (secondary N) is 1. The van der Waals surface area contributed by atoms with Gasteiger partial charge in [0.25, 0.3) is 0 Å². The molecule has 2 aliphatic rings. The summed E-state index contributed by atoms with van der Waals surface area (Å²) in [5.74, 6) is 1.98. The van der Waals surface area contributed by atoms with Gasteiger partial charge < -0.3 is 9.73 Å². The van der Waals surface area contributed by atoms with Crippen LogP contribution in [0.5, 0.6) is 0 Å². The molecule has 1 N–H and O–H groups in total. The van der Waals surface area contributed by atoms with Crippen molar-refractivity contribution in [2.24, 2.45) is 11.3 Å². The highest BCUT2D eigenvalue weighted by molar-refractivity contribution is 5.34. The van der Waals surface area contributed by atoms with Gasteiger partial charge in [-0.25, -0.2) is 0 Å². The lowest BCUT2D eigenvalue weighted by molar-refractivity contribution is 0.224. The molecule has 3 rings (SSSR count). The van der Waals surface area contributed by atoms with Gasteiger partial charge in [-0.15, -0.1) is 0 Å². The fraction of sp³-hybridized carbons (Fsp3) is 0.714. The molecule has 0 aromatic carbocycles. The zero-order valence-electron chi connectivity index (χ0n) is 10.5. The van der Waals surface area contributed by atoms with Crippen LogP contribution in [-0.2, 0) is 12.0 Å². The van der Waals surface area contributed by atoms with E-state index in [2.05, 4.69) is 32.2 Å². The lowest BCUT2D eigenvalue weighted by Crippen LogP contribution is -2.49. The minimum Gasteiger partial charge on any atom is -0.469 e. The molecule has 1 aliphatic heterocycles. The van der Waals surface area contributed by atoms with Crippen molar-refractivity contribution in [2.75, 3.05) is 6.54 Å². The van der Waals surface area contributed by atoms with E-state index in [1.165, 1.54) is 17.7 Å². The Hall–Kier alpha value is -0.760. The number of furan rings is 1. The molecular weight excluding hydrogens is 198 g/mol. The van der Waals surface area contributed by atoms with Gasteiger partial charge in [-0.2, -0.15) is 0 Å². The van der Waals surface area contributed by atoms with Crippen LogP contribution in [-0.4, -0.2) is 6.54 Å². The first kappa shape index (κ1) is 10.4. The van der Waals surface area contributed by atoms with Crippen molar-refractivity contribution < 1.29 is 4.42 Å². The van der Waals surface area contributed by atoms with Crippen LogP contribution in [0.4, 0.5) is 0 Å². The Morgan fingerprint density at radius 1 is 1.50 bits per heavy atom. The van der Waals surface area contributed by atoms with Gasteiger partial charge in [0.1, 0.15) is 5.76 Å². The maximum atomic E-state index is 5.62. The molecule has 88 valence electrons. The first-order chi connectivity index (χ1) is 7.60. The molecule has 2 atom stereocenters. The Morgan fingerprint density at radius 2 is 2.25 bits per heavy atom. The summed E-state index contributed by atoms with van der Waals surface area (Å²) < 4.78 is 5.62. The third-order valence-electron chi connectivity index (χ3n) is 4.68. The lowest BCUT2D eigenvalue weighted by Gasteiger charge is -2.39. The molecular formula is C14H21NO. The van der Waals surface area contributed by atoms with Crippen LogP contribution in [0.2, 0.25) is 0 Å². The average Bonchev–Trinajstić information content (AvgIpc) is 2.73. The normalized spacial score (nSPS) is 35.8. The lowest BCUT2D eigenvalue weighted by atomic mass is 9.77. The van der Waals surface area contributed by atoms with Crippen molar-refractivity contribution in [3.8, 4) is 0 Å². The zero-order valence-corrected chi connectivity index (χ0v) is 10.5. The van der Waals surface area contributed by atoms with Gasteiger partial charge in [0, 0.05) is 18.5 Å². The second kappa shape index (κ2) is 3.13. The van der Waals surface area contributed by atoms with Gasteiger partial charge in [-0.1, -0.05) is 20.8 Å². The molecule has 0 radical (unpaired) electrons. The summed E-state index contributed by atoms with van der Waals surface area (Å²) in [6.45, 7) is 8.11. The number of fused-ring (bicyclic) bond motifs is 1. The van der Waals surface area contributed by atoms with Crippen molar-refractivity contribution in [3.63, 3.8) is 0 Å². The summed E-state index contributed by atoms with van der Waals surface area (Å²) in [5, 5.41) is 3.78. The summed E-state index contributed by atoms with van der Waals surface area (Å²) in [6, 6.07) is 2.18. The highest BCUT2D eigenvalue weighted by Crippen LogP contribution is 2.62. The minimum atomic E-state index is 0.185. The maximum Gasteiger partial charge on any atom is 0.110 e. The predicted octanol–water partition coefficient (Wildman–Crippen LogP) is 3.08. The molecule has 0 amide bonds. The Morgan fingerprint density at radius 3 is 2.88 bits per heavy atom. The smallest absolute Gasteiger partial charge is 0.110 e. The third kappa shape index (κ3) is 1.22. The Balaban J connectivity index is 2.04. The second-order valence-corrected chi connectivity index (χ2v) is 6.00.